The first-order valence-corrected chi connectivity index (χ1v) is 8.51. The Morgan fingerprint density at radius 1 is 1.35 bits per heavy atom. The maximum absolute atomic E-state index is 5.49. The second-order valence-electron chi connectivity index (χ2n) is 5.72. The van der Waals surface area contributed by atoms with Crippen molar-refractivity contribution in [2.75, 3.05) is 6.54 Å². The summed E-state index contributed by atoms with van der Waals surface area (Å²) in [6.07, 6.45) is 2.90. The van der Waals surface area contributed by atoms with E-state index in [4.69, 9.17) is 4.52 Å². The first-order valence-electron chi connectivity index (χ1n) is 7.63. The van der Waals surface area contributed by atoms with Gasteiger partial charge in [-0.05, 0) is 37.3 Å². The smallest absolute Gasteiger partial charge is 0.244 e. The van der Waals surface area contributed by atoms with Gasteiger partial charge in [0.1, 0.15) is 5.82 Å². The maximum atomic E-state index is 5.49. The molecule has 1 unspecified atom stereocenters. The van der Waals surface area contributed by atoms with Crippen molar-refractivity contribution in [3.05, 3.63) is 46.7 Å². The molecule has 0 spiro atoms. The van der Waals surface area contributed by atoms with Crippen molar-refractivity contribution in [3.63, 3.8) is 0 Å². The fourth-order valence-corrected chi connectivity index (χ4v) is 3.47. The van der Waals surface area contributed by atoms with Crippen LogP contribution in [0.4, 0.5) is 0 Å². The van der Waals surface area contributed by atoms with E-state index in [9.17, 15) is 0 Å². The second-order valence-corrected chi connectivity index (χ2v) is 6.67. The van der Waals surface area contributed by atoms with Crippen LogP contribution in [-0.4, -0.2) is 31.6 Å². The van der Waals surface area contributed by atoms with Crippen molar-refractivity contribution in [2.24, 2.45) is 0 Å². The molecule has 0 fully saturated rings. The normalized spacial score (nSPS) is 16.3. The van der Waals surface area contributed by atoms with Crippen LogP contribution in [0.3, 0.4) is 0 Å². The predicted octanol–water partition coefficient (Wildman–Crippen LogP) is 3.02. The van der Waals surface area contributed by atoms with Crippen molar-refractivity contribution in [1.29, 1.82) is 0 Å². The van der Waals surface area contributed by atoms with Gasteiger partial charge in [-0.2, -0.15) is 4.98 Å². The Labute approximate surface area is 138 Å². The van der Waals surface area contributed by atoms with Crippen LogP contribution in [-0.2, 0) is 13.0 Å². The first kappa shape index (κ1) is 14.5. The van der Waals surface area contributed by atoms with Crippen LogP contribution >= 0.6 is 11.3 Å². The SMILES string of the molecule is Cc1ncc2c(n1)CN(C(C)c1nc(-c3cccs3)no1)CC2. The van der Waals surface area contributed by atoms with Crippen LogP contribution in [0, 0.1) is 6.92 Å². The van der Waals surface area contributed by atoms with E-state index in [1.807, 2.05) is 30.6 Å². The van der Waals surface area contributed by atoms with Gasteiger partial charge in [0.2, 0.25) is 11.7 Å². The summed E-state index contributed by atoms with van der Waals surface area (Å²) in [4.78, 5) is 16.8. The van der Waals surface area contributed by atoms with Crippen LogP contribution in [0.2, 0.25) is 0 Å². The van der Waals surface area contributed by atoms with Gasteiger partial charge in [0, 0.05) is 19.3 Å². The lowest BCUT2D eigenvalue weighted by Crippen LogP contribution is -2.34. The van der Waals surface area contributed by atoms with E-state index in [0.29, 0.717) is 11.7 Å². The number of aromatic nitrogens is 4. The van der Waals surface area contributed by atoms with E-state index < -0.39 is 0 Å². The summed E-state index contributed by atoms with van der Waals surface area (Å²) in [5.41, 5.74) is 2.34. The summed E-state index contributed by atoms with van der Waals surface area (Å²) >= 11 is 1.61. The fourth-order valence-electron chi connectivity index (χ4n) is 2.82. The van der Waals surface area contributed by atoms with E-state index in [0.717, 1.165) is 35.9 Å². The Morgan fingerprint density at radius 3 is 3.09 bits per heavy atom. The molecule has 0 saturated heterocycles. The molecule has 1 atom stereocenters. The summed E-state index contributed by atoms with van der Waals surface area (Å²) in [6.45, 7) is 5.76. The zero-order chi connectivity index (χ0) is 15.8. The van der Waals surface area contributed by atoms with Gasteiger partial charge >= 0.3 is 0 Å². The van der Waals surface area contributed by atoms with Gasteiger partial charge in [-0.15, -0.1) is 11.3 Å². The third kappa shape index (κ3) is 2.77. The average molecular weight is 327 g/mol. The fraction of sp³-hybridized carbons (Fsp3) is 0.375. The molecule has 0 aromatic carbocycles. The summed E-state index contributed by atoms with van der Waals surface area (Å²) in [7, 11) is 0. The Bertz CT molecular complexity index is 814. The number of hydrogen-bond donors (Lipinski definition) is 0. The number of thiophene rings is 1. The van der Waals surface area contributed by atoms with Crippen molar-refractivity contribution < 1.29 is 4.52 Å². The number of nitrogens with zero attached hydrogens (tertiary/aromatic N) is 5. The van der Waals surface area contributed by atoms with Crippen LogP contribution in [0.25, 0.3) is 10.7 Å². The molecule has 3 aromatic rings. The average Bonchev–Trinajstić information content (AvgIpc) is 3.24. The van der Waals surface area contributed by atoms with Gasteiger partial charge in [-0.25, -0.2) is 9.97 Å². The molecular formula is C16H17N5OS. The monoisotopic (exact) mass is 327 g/mol. The lowest BCUT2D eigenvalue weighted by molar-refractivity contribution is 0.155. The number of hydrogen-bond acceptors (Lipinski definition) is 7. The molecule has 0 bridgehead atoms. The Kier molecular flexibility index (Phi) is 3.66. The highest BCUT2D eigenvalue weighted by Crippen LogP contribution is 2.28. The van der Waals surface area contributed by atoms with E-state index >= 15 is 0 Å². The van der Waals surface area contributed by atoms with E-state index in [-0.39, 0.29) is 6.04 Å². The van der Waals surface area contributed by atoms with Crippen LogP contribution in [0.5, 0.6) is 0 Å². The van der Waals surface area contributed by atoms with E-state index in [1.165, 1.54) is 5.56 Å². The number of rotatable bonds is 3. The minimum atomic E-state index is 0.0691. The number of aryl methyl sites for hydroxylation is 1. The van der Waals surface area contributed by atoms with E-state index in [2.05, 4.69) is 31.9 Å². The molecule has 0 N–H and O–H groups in total. The molecule has 3 aromatic heterocycles. The van der Waals surface area contributed by atoms with Crippen molar-refractivity contribution in [3.8, 4) is 10.7 Å². The number of fused-ring (bicyclic) bond motifs is 1. The third-order valence-electron chi connectivity index (χ3n) is 4.18. The van der Waals surface area contributed by atoms with Gasteiger partial charge in [-0.3, -0.25) is 4.90 Å². The molecule has 0 saturated carbocycles. The van der Waals surface area contributed by atoms with Gasteiger partial charge < -0.3 is 4.52 Å². The summed E-state index contributed by atoms with van der Waals surface area (Å²) < 4.78 is 5.49. The van der Waals surface area contributed by atoms with Gasteiger partial charge in [0.25, 0.3) is 0 Å². The van der Waals surface area contributed by atoms with E-state index in [1.54, 1.807) is 11.3 Å². The Hall–Kier alpha value is -2.12. The lowest BCUT2D eigenvalue weighted by Gasteiger charge is -2.30. The molecule has 7 heteroatoms. The van der Waals surface area contributed by atoms with Gasteiger partial charge in [0.15, 0.2) is 0 Å². The molecule has 4 heterocycles. The molecule has 6 nitrogen and oxygen atoms in total. The second kappa shape index (κ2) is 5.82. The Morgan fingerprint density at radius 2 is 2.26 bits per heavy atom. The van der Waals surface area contributed by atoms with Crippen molar-refractivity contribution in [1.82, 2.24) is 25.0 Å². The molecule has 118 valence electrons. The summed E-state index contributed by atoms with van der Waals surface area (Å²) in [6, 6.07) is 4.06. The predicted molar refractivity (Wildman–Crippen MR) is 86.9 cm³/mol. The van der Waals surface area contributed by atoms with Crippen LogP contribution in [0.15, 0.2) is 28.2 Å². The topological polar surface area (TPSA) is 67.9 Å². The molecule has 23 heavy (non-hydrogen) atoms. The van der Waals surface area contributed by atoms with Gasteiger partial charge in [-0.1, -0.05) is 11.2 Å². The largest absolute Gasteiger partial charge is 0.337 e. The molecular weight excluding hydrogens is 310 g/mol. The molecule has 4 rings (SSSR count). The zero-order valence-electron chi connectivity index (χ0n) is 13.1. The first-order chi connectivity index (χ1) is 11.2. The third-order valence-corrected chi connectivity index (χ3v) is 5.05. The molecule has 0 aliphatic carbocycles. The lowest BCUT2D eigenvalue weighted by atomic mass is 10.1. The minimum absolute atomic E-state index is 0.0691. The highest BCUT2D eigenvalue weighted by molar-refractivity contribution is 7.13. The van der Waals surface area contributed by atoms with Crippen molar-refractivity contribution in [2.45, 2.75) is 32.9 Å². The minimum Gasteiger partial charge on any atom is -0.337 e. The molecule has 1 aliphatic rings. The standard InChI is InChI=1S/C16H17N5OS/c1-10(16-19-15(20-22-16)14-4-3-7-23-14)21-6-5-12-8-17-11(2)18-13(12)9-21/h3-4,7-8,10H,5-6,9H2,1-2H3. The molecule has 1 aliphatic heterocycles. The Balaban J connectivity index is 1.55. The molecule has 0 amide bonds. The summed E-state index contributed by atoms with van der Waals surface area (Å²) in [5, 5.41) is 6.12. The summed E-state index contributed by atoms with van der Waals surface area (Å²) in [5.74, 6) is 2.14. The van der Waals surface area contributed by atoms with Crippen LogP contribution in [0.1, 0.15) is 35.9 Å². The zero-order valence-corrected chi connectivity index (χ0v) is 13.9. The quantitative estimate of drug-likeness (QED) is 0.736. The highest BCUT2D eigenvalue weighted by Gasteiger charge is 2.26. The van der Waals surface area contributed by atoms with Crippen LogP contribution < -0.4 is 0 Å². The van der Waals surface area contributed by atoms with Gasteiger partial charge in [0.05, 0.1) is 16.6 Å². The molecule has 0 radical (unpaired) electrons. The maximum Gasteiger partial charge on any atom is 0.244 e. The van der Waals surface area contributed by atoms with Crippen molar-refractivity contribution >= 4 is 11.3 Å². The highest BCUT2D eigenvalue weighted by atomic mass is 32.1.